The van der Waals surface area contributed by atoms with Gasteiger partial charge in [0, 0.05) is 12.6 Å². The molecule has 20 heavy (non-hydrogen) atoms. The van der Waals surface area contributed by atoms with Crippen LogP contribution in [0, 0.1) is 5.92 Å². The van der Waals surface area contributed by atoms with Gasteiger partial charge in [-0.25, -0.2) is 0 Å². The zero-order chi connectivity index (χ0) is 14.9. The second-order valence-corrected chi connectivity index (χ2v) is 7.07. The maximum absolute atomic E-state index is 12.8. The molecule has 2 aliphatic rings. The summed E-state index contributed by atoms with van der Waals surface area (Å²) < 4.78 is 0. The zero-order valence-electron chi connectivity index (χ0n) is 13.8. The molecule has 0 aromatic rings. The van der Waals surface area contributed by atoms with Crippen LogP contribution >= 0.6 is 0 Å². The van der Waals surface area contributed by atoms with E-state index in [9.17, 15) is 4.79 Å². The molecule has 0 saturated carbocycles. The number of hydrogen-bond acceptors (Lipinski definition) is 3. The lowest BCUT2D eigenvalue weighted by molar-refractivity contribution is -0.134. The molecule has 4 nitrogen and oxygen atoms in total. The highest BCUT2D eigenvalue weighted by Crippen LogP contribution is 2.28. The summed E-state index contributed by atoms with van der Waals surface area (Å²) in [5.74, 6) is 0.725. The Bertz CT molecular complexity index is 352. The molecule has 0 aromatic carbocycles. The van der Waals surface area contributed by atoms with E-state index in [0.29, 0.717) is 12.0 Å². The predicted molar refractivity (Wildman–Crippen MR) is 82.4 cm³/mol. The van der Waals surface area contributed by atoms with Crippen molar-refractivity contribution < 1.29 is 4.79 Å². The highest BCUT2D eigenvalue weighted by atomic mass is 16.2. The topological polar surface area (TPSA) is 35.6 Å². The summed E-state index contributed by atoms with van der Waals surface area (Å²) in [5.41, 5.74) is -0.375. The van der Waals surface area contributed by atoms with Crippen LogP contribution in [0.5, 0.6) is 0 Å². The molecule has 0 radical (unpaired) electrons. The standard InChI is InChI=1S/C16H31N3O/c1-6-16(5)15(20)19(14(17-16)12(2)3)11-13(4)18-9-7-8-10-18/h12-14,17H,6-11H2,1-5H3. The Kier molecular flexibility index (Phi) is 4.75. The number of likely N-dealkylation sites (tertiary alicyclic amines) is 1. The van der Waals surface area contributed by atoms with E-state index in [1.165, 1.54) is 25.9 Å². The van der Waals surface area contributed by atoms with Gasteiger partial charge in [0.05, 0.1) is 11.7 Å². The lowest BCUT2D eigenvalue weighted by Gasteiger charge is -2.33. The second-order valence-electron chi connectivity index (χ2n) is 7.07. The van der Waals surface area contributed by atoms with E-state index in [1.807, 2.05) is 6.92 Å². The molecular weight excluding hydrogens is 250 g/mol. The average Bonchev–Trinajstić information content (AvgIpc) is 3.01. The van der Waals surface area contributed by atoms with E-state index in [4.69, 9.17) is 0 Å². The average molecular weight is 281 g/mol. The van der Waals surface area contributed by atoms with Crippen LogP contribution in [0.15, 0.2) is 0 Å². The van der Waals surface area contributed by atoms with Gasteiger partial charge in [-0.3, -0.25) is 15.0 Å². The van der Waals surface area contributed by atoms with Crippen molar-refractivity contribution in [2.24, 2.45) is 5.92 Å². The molecule has 1 amide bonds. The maximum atomic E-state index is 12.8. The monoisotopic (exact) mass is 281 g/mol. The van der Waals surface area contributed by atoms with Crippen molar-refractivity contribution in [3.8, 4) is 0 Å². The summed E-state index contributed by atoms with van der Waals surface area (Å²) in [5, 5.41) is 3.57. The molecule has 2 aliphatic heterocycles. The molecule has 0 aromatic heterocycles. The summed E-state index contributed by atoms with van der Waals surface area (Å²) in [6, 6.07) is 0.462. The van der Waals surface area contributed by atoms with Gasteiger partial charge in [-0.1, -0.05) is 20.8 Å². The van der Waals surface area contributed by atoms with Gasteiger partial charge in [-0.2, -0.15) is 0 Å². The first-order valence-electron chi connectivity index (χ1n) is 8.22. The van der Waals surface area contributed by atoms with Crippen LogP contribution in [-0.2, 0) is 4.79 Å². The fraction of sp³-hybridized carbons (Fsp3) is 0.938. The molecule has 1 N–H and O–H groups in total. The molecule has 0 spiro atoms. The number of carbonyl (C=O) groups excluding carboxylic acids is 1. The van der Waals surface area contributed by atoms with Gasteiger partial charge in [0.15, 0.2) is 0 Å². The number of carbonyl (C=O) groups is 1. The zero-order valence-corrected chi connectivity index (χ0v) is 13.8. The van der Waals surface area contributed by atoms with Gasteiger partial charge in [-0.15, -0.1) is 0 Å². The lowest BCUT2D eigenvalue weighted by atomic mass is 9.99. The van der Waals surface area contributed by atoms with Gasteiger partial charge < -0.3 is 4.90 Å². The van der Waals surface area contributed by atoms with Crippen molar-refractivity contribution in [1.29, 1.82) is 0 Å². The third-order valence-corrected chi connectivity index (χ3v) is 5.10. The molecule has 4 heteroatoms. The van der Waals surface area contributed by atoms with Gasteiger partial charge in [0.25, 0.3) is 0 Å². The van der Waals surface area contributed by atoms with E-state index >= 15 is 0 Å². The number of hydrogen-bond donors (Lipinski definition) is 1. The van der Waals surface area contributed by atoms with E-state index in [0.717, 1.165) is 13.0 Å². The fourth-order valence-electron chi connectivity index (χ4n) is 3.47. The van der Waals surface area contributed by atoms with Crippen LogP contribution < -0.4 is 5.32 Å². The Balaban J connectivity index is 2.08. The molecule has 2 heterocycles. The molecule has 3 unspecified atom stereocenters. The Morgan fingerprint density at radius 2 is 1.90 bits per heavy atom. The van der Waals surface area contributed by atoms with Crippen LogP contribution in [0.2, 0.25) is 0 Å². The minimum absolute atomic E-state index is 0.178. The highest BCUT2D eigenvalue weighted by Gasteiger charge is 2.47. The van der Waals surface area contributed by atoms with Gasteiger partial charge in [0.1, 0.15) is 0 Å². The van der Waals surface area contributed by atoms with E-state index in [1.54, 1.807) is 0 Å². The predicted octanol–water partition coefficient (Wildman–Crippen LogP) is 2.05. The van der Waals surface area contributed by atoms with Crippen LogP contribution in [0.3, 0.4) is 0 Å². The highest BCUT2D eigenvalue weighted by molar-refractivity contribution is 5.88. The molecule has 2 rings (SSSR count). The minimum atomic E-state index is -0.375. The number of rotatable bonds is 5. The van der Waals surface area contributed by atoms with Crippen LogP contribution in [0.25, 0.3) is 0 Å². The third kappa shape index (κ3) is 2.86. The summed E-state index contributed by atoms with van der Waals surface area (Å²) in [4.78, 5) is 17.4. The van der Waals surface area contributed by atoms with Crippen molar-refractivity contribution in [3.05, 3.63) is 0 Å². The number of nitrogens with one attached hydrogen (secondary N) is 1. The first kappa shape index (κ1) is 15.8. The minimum Gasteiger partial charge on any atom is -0.324 e. The first-order chi connectivity index (χ1) is 9.39. The number of amides is 1. The van der Waals surface area contributed by atoms with Crippen LogP contribution in [0.1, 0.15) is 53.9 Å². The normalized spacial score (nSPS) is 33.4. The van der Waals surface area contributed by atoms with Crippen molar-refractivity contribution in [2.45, 2.75) is 71.6 Å². The Morgan fingerprint density at radius 3 is 2.40 bits per heavy atom. The van der Waals surface area contributed by atoms with Crippen molar-refractivity contribution in [2.75, 3.05) is 19.6 Å². The van der Waals surface area contributed by atoms with Crippen molar-refractivity contribution in [3.63, 3.8) is 0 Å². The van der Waals surface area contributed by atoms with Gasteiger partial charge in [0.2, 0.25) is 5.91 Å². The fourth-order valence-corrected chi connectivity index (χ4v) is 3.47. The quantitative estimate of drug-likeness (QED) is 0.838. The molecule has 3 atom stereocenters. The van der Waals surface area contributed by atoms with E-state index in [2.05, 4.69) is 42.8 Å². The van der Waals surface area contributed by atoms with E-state index in [-0.39, 0.29) is 17.6 Å². The Morgan fingerprint density at radius 1 is 1.30 bits per heavy atom. The van der Waals surface area contributed by atoms with Crippen molar-refractivity contribution in [1.82, 2.24) is 15.1 Å². The maximum Gasteiger partial charge on any atom is 0.243 e. The first-order valence-corrected chi connectivity index (χ1v) is 8.22. The summed E-state index contributed by atoms with van der Waals surface area (Å²) >= 11 is 0. The Hall–Kier alpha value is -0.610. The molecule has 2 fully saturated rings. The summed E-state index contributed by atoms with van der Waals surface area (Å²) in [7, 11) is 0. The van der Waals surface area contributed by atoms with Crippen molar-refractivity contribution >= 4 is 5.91 Å². The largest absolute Gasteiger partial charge is 0.324 e. The SMILES string of the molecule is CCC1(C)NC(C(C)C)N(CC(C)N2CCCC2)C1=O. The second kappa shape index (κ2) is 6.02. The molecule has 0 aliphatic carbocycles. The summed E-state index contributed by atoms with van der Waals surface area (Å²) in [6.45, 7) is 14.0. The number of nitrogens with zero attached hydrogens (tertiary/aromatic N) is 2. The smallest absolute Gasteiger partial charge is 0.243 e. The summed E-state index contributed by atoms with van der Waals surface area (Å²) in [6.07, 6.45) is 3.63. The van der Waals surface area contributed by atoms with E-state index < -0.39 is 0 Å². The molecule has 0 bridgehead atoms. The van der Waals surface area contributed by atoms with Crippen LogP contribution in [0.4, 0.5) is 0 Å². The van der Waals surface area contributed by atoms with Gasteiger partial charge >= 0.3 is 0 Å². The lowest BCUT2D eigenvalue weighted by Crippen LogP contribution is -2.48. The molecule has 116 valence electrons. The molecule has 2 saturated heterocycles. The van der Waals surface area contributed by atoms with Crippen LogP contribution in [-0.4, -0.2) is 53.1 Å². The Labute approximate surface area is 123 Å². The molecular formula is C16H31N3O. The van der Waals surface area contributed by atoms with Gasteiger partial charge in [-0.05, 0) is 52.1 Å². The third-order valence-electron chi connectivity index (χ3n) is 5.10.